The monoisotopic (exact) mass is 551 g/mol. The molecule has 0 aromatic heterocycles. The van der Waals surface area contributed by atoms with Gasteiger partial charge in [-0.15, -0.1) is 0 Å². The van der Waals surface area contributed by atoms with Crippen LogP contribution in [0.15, 0.2) is 78.9 Å². The Bertz CT molecular complexity index is 1380. The van der Waals surface area contributed by atoms with E-state index in [1.54, 1.807) is 18.2 Å². The van der Waals surface area contributed by atoms with Gasteiger partial charge in [-0.05, 0) is 37.1 Å². The molecule has 0 unspecified atom stereocenters. The van der Waals surface area contributed by atoms with Crippen molar-refractivity contribution >= 4 is 27.5 Å². The highest BCUT2D eigenvalue weighted by Crippen LogP contribution is 2.36. The van der Waals surface area contributed by atoms with Crippen LogP contribution in [0.5, 0.6) is 11.5 Å². The number of rotatable bonds is 12. The number of benzene rings is 3. The molecule has 0 fully saturated rings. The van der Waals surface area contributed by atoms with Gasteiger partial charge in [0.1, 0.15) is 12.6 Å². The van der Waals surface area contributed by atoms with Crippen molar-refractivity contribution in [2.75, 3.05) is 29.9 Å². The third-order valence-corrected chi connectivity index (χ3v) is 8.18. The van der Waals surface area contributed by atoms with Crippen LogP contribution in [0.4, 0.5) is 5.69 Å². The smallest absolute Gasteiger partial charge is 0.244 e. The van der Waals surface area contributed by atoms with E-state index in [1.165, 1.54) is 11.8 Å². The van der Waals surface area contributed by atoms with E-state index in [9.17, 15) is 18.0 Å². The van der Waals surface area contributed by atoms with E-state index in [-0.39, 0.29) is 37.1 Å². The average molecular weight is 552 g/mol. The van der Waals surface area contributed by atoms with E-state index in [0.717, 1.165) is 15.4 Å². The fraction of sp³-hybridized carbons (Fsp3) is 0.310. The number of sulfonamides is 1. The standard InChI is InChI=1S/C29H33N3O6S/c1-3-30-29(34)25(17-22-11-7-5-8-12-22)31(19-23-13-9-6-10-14-23)28(33)20-32(39(35,36)4-2)24-15-16-26-27(18-24)38-21-37-26/h5-16,18,25H,3-4,17,19-21H2,1-2H3,(H,30,34)/t25-/m0/s1. The van der Waals surface area contributed by atoms with Gasteiger partial charge in [0.05, 0.1) is 11.4 Å². The number of likely N-dealkylation sites (N-methyl/N-ethyl adjacent to an activating group) is 1. The Kier molecular flexibility index (Phi) is 9.08. The Balaban J connectivity index is 1.72. The summed E-state index contributed by atoms with van der Waals surface area (Å²) in [6, 6.07) is 22.7. The number of carbonyl (C=O) groups excluding carboxylic acids is 2. The molecule has 9 nitrogen and oxygen atoms in total. The SMILES string of the molecule is CCNC(=O)[C@H](Cc1ccccc1)N(Cc1ccccc1)C(=O)CN(c1ccc2c(c1)OCO2)S(=O)(=O)CC. The molecular formula is C29H33N3O6S. The summed E-state index contributed by atoms with van der Waals surface area (Å²) in [4.78, 5) is 28.9. The molecule has 39 heavy (non-hydrogen) atoms. The molecule has 0 radical (unpaired) electrons. The molecule has 1 aliphatic rings. The van der Waals surface area contributed by atoms with Gasteiger partial charge < -0.3 is 19.7 Å². The Morgan fingerprint density at radius 1 is 0.897 bits per heavy atom. The van der Waals surface area contributed by atoms with Gasteiger partial charge in [0.15, 0.2) is 11.5 Å². The highest BCUT2D eigenvalue weighted by atomic mass is 32.2. The van der Waals surface area contributed by atoms with Crippen LogP contribution < -0.4 is 19.1 Å². The zero-order valence-corrected chi connectivity index (χ0v) is 22.9. The molecule has 0 spiro atoms. The van der Waals surface area contributed by atoms with Gasteiger partial charge in [-0.1, -0.05) is 60.7 Å². The third kappa shape index (κ3) is 6.88. The second-order valence-corrected chi connectivity index (χ2v) is 11.2. The molecule has 1 atom stereocenters. The quantitative estimate of drug-likeness (QED) is 0.370. The van der Waals surface area contributed by atoms with Gasteiger partial charge in [-0.3, -0.25) is 13.9 Å². The predicted molar refractivity (Wildman–Crippen MR) is 149 cm³/mol. The van der Waals surface area contributed by atoms with Crippen LogP contribution in [-0.2, 0) is 32.6 Å². The second kappa shape index (κ2) is 12.7. The molecule has 0 saturated heterocycles. The summed E-state index contributed by atoms with van der Waals surface area (Å²) in [5.41, 5.74) is 1.99. The van der Waals surface area contributed by atoms with Crippen molar-refractivity contribution in [3.8, 4) is 11.5 Å². The zero-order chi connectivity index (χ0) is 27.8. The van der Waals surface area contributed by atoms with Gasteiger partial charge in [0.25, 0.3) is 0 Å². The number of fused-ring (bicyclic) bond motifs is 1. The molecule has 1 aliphatic heterocycles. The Morgan fingerprint density at radius 2 is 1.54 bits per heavy atom. The zero-order valence-electron chi connectivity index (χ0n) is 22.1. The summed E-state index contributed by atoms with van der Waals surface area (Å²) in [5.74, 6) is -0.109. The van der Waals surface area contributed by atoms with Crippen molar-refractivity contribution in [1.82, 2.24) is 10.2 Å². The van der Waals surface area contributed by atoms with Crippen molar-refractivity contribution in [3.63, 3.8) is 0 Å². The van der Waals surface area contributed by atoms with Crippen LogP contribution in [0.25, 0.3) is 0 Å². The summed E-state index contributed by atoms with van der Waals surface area (Å²) >= 11 is 0. The normalized spacial score (nSPS) is 13.0. The number of nitrogens with one attached hydrogen (secondary N) is 1. The number of amides is 2. The van der Waals surface area contributed by atoms with Crippen molar-refractivity contribution in [3.05, 3.63) is 90.0 Å². The molecule has 10 heteroatoms. The first-order valence-electron chi connectivity index (χ1n) is 12.9. The third-order valence-electron chi connectivity index (χ3n) is 6.44. The van der Waals surface area contributed by atoms with Crippen molar-refractivity contribution in [2.24, 2.45) is 0 Å². The lowest BCUT2D eigenvalue weighted by molar-refractivity contribution is -0.140. The van der Waals surface area contributed by atoms with Crippen LogP contribution in [0, 0.1) is 0 Å². The first-order valence-corrected chi connectivity index (χ1v) is 14.5. The maximum atomic E-state index is 14.1. The van der Waals surface area contributed by atoms with Crippen molar-refractivity contribution < 1.29 is 27.5 Å². The molecule has 0 bridgehead atoms. The lowest BCUT2D eigenvalue weighted by atomic mass is 10.0. The fourth-order valence-corrected chi connectivity index (χ4v) is 5.44. The maximum Gasteiger partial charge on any atom is 0.244 e. The van der Waals surface area contributed by atoms with E-state index in [2.05, 4.69) is 5.32 Å². The largest absolute Gasteiger partial charge is 0.454 e. The van der Waals surface area contributed by atoms with Crippen LogP contribution in [0.1, 0.15) is 25.0 Å². The Hall–Kier alpha value is -4.05. The average Bonchev–Trinajstić information content (AvgIpc) is 3.42. The van der Waals surface area contributed by atoms with Gasteiger partial charge in [-0.25, -0.2) is 8.42 Å². The molecular weight excluding hydrogens is 518 g/mol. The van der Waals surface area contributed by atoms with Crippen molar-refractivity contribution in [2.45, 2.75) is 32.9 Å². The Morgan fingerprint density at radius 3 is 2.18 bits per heavy atom. The van der Waals surface area contributed by atoms with E-state index < -0.39 is 28.5 Å². The highest BCUT2D eigenvalue weighted by Gasteiger charge is 2.33. The minimum Gasteiger partial charge on any atom is -0.454 e. The maximum absolute atomic E-state index is 14.1. The van der Waals surface area contributed by atoms with Gasteiger partial charge in [0, 0.05) is 25.6 Å². The van der Waals surface area contributed by atoms with Crippen molar-refractivity contribution in [1.29, 1.82) is 0 Å². The molecule has 3 aromatic rings. The first-order chi connectivity index (χ1) is 18.8. The van der Waals surface area contributed by atoms with E-state index in [0.29, 0.717) is 18.0 Å². The number of carbonyl (C=O) groups is 2. The Labute approximate surface area is 229 Å². The van der Waals surface area contributed by atoms with E-state index >= 15 is 0 Å². The molecule has 1 heterocycles. The molecule has 0 aliphatic carbocycles. The lowest BCUT2D eigenvalue weighted by Gasteiger charge is -2.33. The molecule has 3 aromatic carbocycles. The van der Waals surface area contributed by atoms with E-state index in [4.69, 9.17) is 9.47 Å². The van der Waals surface area contributed by atoms with Gasteiger partial charge >= 0.3 is 0 Å². The molecule has 4 rings (SSSR count). The highest BCUT2D eigenvalue weighted by molar-refractivity contribution is 7.92. The number of anilines is 1. The van der Waals surface area contributed by atoms with Crippen LogP contribution in [0.3, 0.4) is 0 Å². The molecule has 1 N–H and O–H groups in total. The minimum atomic E-state index is -3.86. The van der Waals surface area contributed by atoms with Gasteiger partial charge in [-0.2, -0.15) is 0 Å². The van der Waals surface area contributed by atoms with Gasteiger partial charge in [0.2, 0.25) is 28.6 Å². The number of nitrogens with zero attached hydrogens (tertiary/aromatic N) is 2. The summed E-state index contributed by atoms with van der Waals surface area (Å²) < 4.78 is 38.3. The summed E-state index contributed by atoms with van der Waals surface area (Å²) in [6.45, 7) is 3.43. The minimum absolute atomic E-state index is 0.0385. The number of hydrogen-bond donors (Lipinski definition) is 1. The second-order valence-electron chi connectivity index (χ2n) is 9.05. The first kappa shape index (κ1) is 28.0. The van der Waals surface area contributed by atoms with Crippen LogP contribution >= 0.6 is 0 Å². The van der Waals surface area contributed by atoms with Crippen LogP contribution in [0.2, 0.25) is 0 Å². The predicted octanol–water partition coefficient (Wildman–Crippen LogP) is 3.35. The molecule has 206 valence electrons. The molecule has 0 saturated carbocycles. The number of ether oxygens (including phenoxy) is 2. The number of hydrogen-bond acceptors (Lipinski definition) is 6. The van der Waals surface area contributed by atoms with Crippen LogP contribution in [-0.4, -0.2) is 56.8 Å². The summed E-state index contributed by atoms with van der Waals surface area (Å²) in [7, 11) is -3.86. The summed E-state index contributed by atoms with van der Waals surface area (Å²) in [6.07, 6.45) is 0.274. The lowest BCUT2D eigenvalue weighted by Crippen LogP contribution is -2.53. The molecule has 2 amide bonds. The van der Waals surface area contributed by atoms with E-state index in [1.807, 2.05) is 67.6 Å². The summed E-state index contributed by atoms with van der Waals surface area (Å²) in [5, 5.41) is 2.85. The topological polar surface area (TPSA) is 105 Å². The fourth-order valence-electron chi connectivity index (χ4n) is 4.39.